The van der Waals surface area contributed by atoms with Crippen LogP contribution >= 0.6 is 0 Å². The zero-order chi connectivity index (χ0) is 23.5. The maximum atomic E-state index is 12.7. The first kappa shape index (κ1) is 25.1. The number of fused-ring (bicyclic) bond motifs is 1. The maximum absolute atomic E-state index is 12.7. The van der Waals surface area contributed by atoms with Crippen LogP contribution in [0.3, 0.4) is 0 Å². The van der Waals surface area contributed by atoms with Gasteiger partial charge in [0, 0.05) is 12.7 Å². The van der Waals surface area contributed by atoms with Crippen molar-refractivity contribution in [2.24, 2.45) is 5.41 Å². The van der Waals surface area contributed by atoms with Crippen LogP contribution in [0.2, 0.25) is 0 Å². The molecule has 5 nitrogen and oxygen atoms in total. The van der Waals surface area contributed by atoms with Gasteiger partial charge >= 0.3 is 0 Å². The molecule has 0 radical (unpaired) electrons. The fourth-order valence-electron chi connectivity index (χ4n) is 4.80. The van der Waals surface area contributed by atoms with Gasteiger partial charge in [-0.15, -0.1) is 5.10 Å². The number of hydrogen-bond donors (Lipinski definition) is 1. The summed E-state index contributed by atoms with van der Waals surface area (Å²) in [5, 5.41) is 11.9. The second kappa shape index (κ2) is 12.6. The van der Waals surface area contributed by atoms with Gasteiger partial charge in [-0.1, -0.05) is 44.4 Å². The molecule has 0 bridgehead atoms. The van der Waals surface area contributed by atoms with Gasteiger partial charge in [0.25, 0.3) is 0 Å². The Bertz CT molecular complexity index is 915. The van der Waals surface area contributed by atoms with Crippen molar-refractivity contribution < 1.29 is 4.79 Å². The van der Waals surface area contributed by atoms with E-state index in [0.717, 1.165) is 42.8 Å². The lowest BCUT2D eigenvalue weighted by Gasteiger charge is -2.32. The molecular formula is C28H40N4O. The molecule has 178 valence electrons. The number of amides is 1. The molecule has 4 rings (SSSR count). The average molecular weight is 449 g/mol. The highest BCUT2D eigenvalue weighted by atomic mass is 16.2. The van der Waals surface area contributed by atoms with Crippen LogP contribution in [0, 0.1) is 12.3 Å². The topological polar surface area (TPSA) is 67.8 Å². The first-order valence-corrected chi connectivity index (χ1v) is 12.7. The van der Waals surface area contributed by atoms with E-state index in [9.17, 15) is 4.79 Å². The monoisotopic (exact) mass is 448 g/mol. The van der Waals surface area contributed by atoms with E-state index in [1.54, 1.807) is 6.20 Å². The van der Waals surface area contributed by atoms with Gasteiger partial charge in [-0.3, -0.25) is 9.78 Å². The number of allylic oxidation sites excluding steroid dienone is 2. The molecule has 1 N–H and O–H groups in total. The third-order valence-electron chi connectivity index (χ3n) is 6.81. The number of carbonyl (C=O) groups excluding carboxylic acids is 1. The summed E-state index contributed by atoms with van der Waals surface area (Å²) in [6, 6.07) is 5.85. The van der Waals surface area contributed by atoms with E-state index in [2.05, 4.69) is 39.6 Å². The summed E-state index contributed by atoms with van der Waals surface area (Å²) in [6.45, 7) is 6.70. The number of aryl methyl sites for hydroxylation is 1. The Kier molecular flexibility index (Phi) is 9.59. The molecule has 0 aliphatic heterocycles. The minimum Gasteiger partial charge on any atom is -0.356 e. The molecule has 1 amide bonds. The number of carbonyl (C=O) groups is 1. The lowest BCUT2D eigenvalue weighted by molar-refractivity contribution is -0.130. The van der Waals surface area contributed by atoms with Crippen LogP contribution in [0.4, 0.5) is 0 Å². The van der Waals surface area contributed by atoms with Crippen molar-refractivity contribution in [3.05, 3.63) is 53.4 Å². The fraction of sp³-hybridized carbons (Fsp3) is 0.571. The Morgan fingerprint density at radius 3 is 2.42 bits per heavy atom. The summed E-state index contributed by atoms with van der Waals surface area (Å²) in [5.74, 6) is 0.137. The average Bonchev–Trinajstić information content (AvgIpc) is 2.78. The van der Waals surface area contributed by atoms with Crippen molar-refractivity contribution in [1.82, 2.24) is 20.5 Å². The summed E-state index contributed by atoms with van der Waals surface area (Å²) < 4.78 is 0. The van der Waals surface area contributed by atoms with Gasteiger partial charge in [-0.2, -0.15) is 5.10 Å². The standard InChI is InChI=1S/C20H26N4O.C8H14/c1-4-21-19(25)20(3)11-7-5-9-15-16(13-20)14(2)23-24-18(15)17-10-6-8-12-22-17;1-2-4-6-8-7-5-3-1/h6,8,10,12H,4-5,7,9,11,13H2,1-3H3,(H,21,25);1-2H,3-8H2/b;2-1+. The van der Waals surface area contributed by atoms with Gasteiger partial charge in [-0.25, -0.2) is 0 Å². The number of pyridine rings is 1. The number of hydrogen-bond acceptors (Lipinski definition) is 4. The number of rotatable bonds is 3. The molecule has 2 aromatic heterocycles. The number of nitrogens with one attached hydrogen (secondary N) is 1. The fourth-order valence-corrected chi connectivity index (χ4v) is 4.80. The van der Waals surface area contributed by atoms with Gasteiger partial charge in [0.15, 0.2) is 0 Å². The Hall–Kier alpha value is -2.56. The van der Waals surface area contributed by atoms with Crippen LogP contribution in [0.15, 0.2) is 36.5 Å². The molecule has 2 aliphatic carbocycles. The minimum absolute atomic E-state index is 0.137. The second-order valence-corrected chi connectivity index (χ2v) is 9.57. The van der Waals surface area contributed by atoms with Crippen LogP contribution in [-0.2, 0) is 17.6 Å². The molecule has 0 saturated carbocycles. The highest BCUT2D eigenvalue weighted by molar-refractivity contribution is 5.82. The highest BCUT2D eigenvalue weighted by Gasteiger charge is 2.35. The molecule has 5 heteroatoms. The summed E-state index contributed by atoms with van der Waals surface area (Å²) in [6.07, 6.45) is 19.4. The van der Waals surface area contributed by atoms with E-state index in [1.165, 1.54) is 49.7 Å². The molecule has 1 atom stereocenters. The largest absolute Gasteiger partial charge is 0.356 e. The van der Waals surface area contributed by atoms with Crippen LogP contribution in [-0.4, -0.2) is 27.6 Å². The molecule has 2 aromatic rings. The third kappa shape index (κ3) is 6.96. The van der Waals surface area contributed by atoms with E-state index in [4.69, 9.17) is 0 Å². The quantitative estimate of drug-likeness (QED) is 0.571. The number of aromatic nitrogens is 3. The molecule has 0 saturated heterocycles. The Labute approximate surface area is 199 Å². The smallest absolute Gasteiger partial charge is 0.226 e. The van der Waals surface area contributed by atoms with Crippen molar-refractivity contribution in [3.63, 3.8) is 0 Å². The maximum Gasteiger partial charge on any atom is 0.226 e. The van der Waals surface area contributed by atoms with Gasteiger partial charge in [0.2, 0.25) is 5.91 Å². The molecule has 2 aliphatic rings. The molecule has 1 unspecified atom stereocenters. The van der Waals surface area contributed by atoms with E-state index >= 15 is 0 Å². The van der Waals surface area contributed by atoms with Crippen molar-refractivity contribution in [2.75, 3.05) is 6.54 Å². The van der Waals surface area contributed by atoms with Gasteiger partial charge in [0.1, 0.15) is 5.69 Å². The minimum atomic E-state index is -0.402. The van der Waals surface area contributed by atoms with Crippen LogP contribution in [0.25, 0.3) is 11.4 Å². The van der Waals surface area contributed by atoms with E-state index in [1.807, 2.05) is 32.0 Å². The van der Waals surface area contributed by atoms with Crippen molar-refractivity contribution >= 4 is 5.91 Å². The number of nitrogens with zero attached hydrogens (tertiary/aromatic N) is 3. The summed E-state index contributed by atoms with van der Waals surface area (Å²) in [7, 11) is 0. The second-order valence-electron chi connectivity index (χ2n) is 9.57. The van der Waals surface area contributed by atoms with Crippen molar-refractivity contribution in [1.29, 1.82) is 0 Å². The van der Waals surface area contributed by atoms with Gasteiger partial charge in [0.05, 0.1) is 16.8 Å². The van der Waals surface area contributed by atoms with E-state index in [0.29, 0.717) is 13.0 Å². The Balaban J connectivity index is 0.000000323. The summed E-state index contributed by atoms with van der Waals surface area (Å²) in [4.78, 5) is 17.2. The Morgan fingerprint density at radius 2 is 1.76 bits per heavy atom. The zero-order valence-corrected chi connectivity index (χ0v) is 20.7. The predicted octanol–water partition coefficient (Wildman–Crippen LogP) is 6.16. The summed E-state index contributed by atoms with van der Waals surface area (Å²) in [5.41, 5.74) is 4.62. The molecular weight excluding hydrogens is 408 g/mol. The predicted molar refractivity (Wildman–Crippen MR) is 135 cm³/mol. The third-order valence-corrected chi connectivity index (χ3v) is 6.81. The van der Waals surface area contributed by atoms with Crippen LogP contribution in [0.1, 0.15) is 88.5 Å². The molecule has 0 fully saturated rings. The van der Waals surface area contributed by atoms with Crippen LogP contribution in [0.5, 0.6) is 0 Å². The highest BCUT2D eigenvalue weighted by Crippen LogP contribution is 2.37. The van der Waals surface area contributed by atoms with Gasteiger partial charge in [-0.05, 0) is 88.5 Å². The SMILES string of the molecule is C1=C/CCCCCC/1.CCNC(=O)C1(C)CCCCc2c(-c3ccccn3)nnc(C)c2C1. The first-order valence-electron chi connectivity index (χ1n) is 12.7. The lowest BCUT2D eigenvalue weighted by atomic mass is 9.74. The van der Waals surface area contributed by atoms with Gasteiger partial charge < -0.3 is 5.32 Å². The molecule has 2 heterocycles. The first-order chi connectivity index (χ1) is 16.0. The van der Waals surface area contributed by atoms with E-state index < -0.39 is 5.41 Å². The molecule has 0 aromatic carbocycles. The van der Waals surface area contributed by atoms with E-state index in [-0.39, 0.29) is 5.91 Å². The Morgan fingerprint density at radius 1 is 1.00 bits per heavy atom. The molecule has 0 spiro atoms. The lowest BCUT2D eigenvalue weighted by Crippen LogP contribution is -2.41. The van der Waals surface area contributed by atoms with Crippen molar-refractivity contribution in [2.45, 2.75) is 91.4 Å². The van der Waals surface area contributed by atoms with Crippen molar-refractivity contribution in [3.8, 4) is 11.4 Å². The zero-order valence-electron chi connectivity index (χ0n) is 20.7. The summed E-state index contributed by atoms with van der Waals surface area (Å²) >= 11 is 0. The molecule has 33 heavy (non-hydrogen) atoms. The van der Waals surface area contributed by atoms with Crippen LogP contribution < -0.4 is 5.32 Å². The normalized spacial score (nSPS) is 21.7.